The number of benzene rings is 1. The van der Waals surface area contributed by atoms with Gasteiger partial charge in [0.05, 0.1) is 7.11 Å². The summed E-state index contributed by atoms with van der Waals surface area (Å²) in [5.41, 5.74) is -0.0456. The molecule has 0 atom stereocenters. The molecule has 0 spiro atoms. The van der Waals surface area contributed by atoms with Gasteiger partial charge in [-0.05, 0) is 24.3 Å². The molecule has 0 unspecified atom stereocenters. The number of nitrogens with one attached hydrogen (secondary N) is 1. The lowest BCUT2D eigenvalue weighted by atomic mass is 10.0. The van der Waals surface area contributed by atoms with Crippen LogP contribution in [0.25, 0.3) is 0 Å². The van der Waals surface area contributed by atoms with Gasteiger partial charge < -0.3 is 9.47 Å². The van der Waals surface area contributed by atoms with Crippen molar-refractivity contribution in [3.63, 3.8) is 0 Å². The van der Waals surface area contributed by atoms with Gasteiger partial charge in [-0.25, -0.2) is 4.79 Å². The fraction of sp³-hybridized carbons (Fsp3) is 0.357. The van der Waals surface area contributed by atoms with Crippen molar-refractivity contribution in [1.29, 1.82) is 0 Å². The quantitative estimate of drug-likeness (QED) is 0.442. The largest absolute Gasteiger partial charge is 0.460 e. The monoisotopic (exact) mass is 447 g/mol. The highest BCUT2D eigenvalue weighted by atomic mass is 19.4. The number of methoxy groups -OCH3 is 1. The number of rotatable bonds is 6. The van der Waals surface area contributed by atoms with Crippen molar-refractivity contribution in [2.24, 2.45) is 0 Å². The van der Waals surface area contributed by atoms with E-state index in [0.29, 0.717) is 12.1 Å². The third-order valence-corrected chi connectivity index (χ3v) is 3.09. The Morgan fingerprint density at radius 1 is 0.862 bits per heavy atom. The van der Waals surface area contributed by atoms with Crippen LogP contribution in [-0.4, -0.2) is 37.1 Å². The van der Waals surface area contributed by atoms with E-state index >= 15 is 0 Å². The second-order valence-electron chi connectivity index (χ2n) is 5.05. The number of anilines is 1. The van der Waals surface area contributed by atoms with Crippen molar-refractivity contribution in [2.45, 2.75) is 23.9 Å². The molecule has 164 valence electrons. The lowest BCUT2D eigenvalue weighted by molar-refractivity contribution is -0.392. The Balaban J connectivity index is 3.15. The van der Waals surface area contributed by atoms with Crippen LogP contribution in [0.1, 0.15) is 0 Å². The molecular weight excluding hydrogens is 439 g/mol. The summed E-state index contributed by atoms with van der Waals surface area (Å²) < 4.78 is 149. The van der Waals surface area contributed by atoms with E-state index in [2.05, 4.69) is 14.8 Å². The Hall–Kier alpha value is -2.74. The van der Waals surface area contributed by atoms with Crippen LogP contribution < -0.4 is 10.1 Å². The normalized spacial score (nSPS) is 14.2. The molecule has 0 aliphatic carbocycles. The topological polar surface area (TPSA) is 47.6 Å². The Labute approximate surface area is 153 Å². The maximum atomic E-state index is 13.4. The molecule has 29 heavy (non-hydrogen) atoms. The molecule has 1 aromatic carbocycles. The minimum atomic E-state index is -7.40. The SMILES string of the molecule is COC(=O)Nc1ccc(OC(F)=C(F)C(F)(F)C(F)(F)C(F)(F)C(F)(F)F)cc1. The van der Waals surface area contributed by atoms with Crippen LogP contribution in [0, 0.1) is 0 Å². The first kappa shape index (κ1) is 24.3. The van der Waals surface area contributed by atoms with E-state index in [-0.39, 0.29) is 5.69 Å². The van der Waals surface area contributed by atoms with Gasteiger partial charge >= 0.3 is 36.1 Å². The number of amides is 1. The molecule has 0 bridgehead atoms. The van der Waals surface area contributed by atoms with Gasteiger partial charge in [0.15, 0.2) is 0 Å². The van der Waals surface area contributed by atoms with E-state index in [0.717, 1.165) is 19.2 Å². The molecule has 0 aromatic heterocycles. The van der Waals surface area contributed by atoms with Gasteiger partial charge in [-0.3, -0.25) is 5.32 Å². The maximum Gasteiger partial charge on any atom is 0.460 e. The van der Waals surface area contributed by atoms with E-state index in [9.17, 15) is 53.1 Å². The molecule has 0 radical (unpaired) electrons. The van der Waals surface area contributed by atoms with Crippen LogP contribution >= 0.6 is 0 Å². The van der Waals surface area contributed by atoms with E-state index < -0.39 is 47.6 Å². The molecule has 15 heteroatoms. The Bertz CT molecular complexity index is 772. The molecule has 0 aliphatic rings. The molecule has 4 nitrogen and oxygen atoms in total. The van der Waals surface area contributed by atoms with Crippen LogP contribution in [0.2, 0.25) is 0 Å². The fourth-order valence-corrected chi connectivity index (χ4v) is 1.56. The molecule has 0 heterocycles. The van der Waals surface area contributed by atoms with E-state index in [1.54, 1.807) is 0 Å². The lowest BCUT2D eigenvalue weighted by Crippen LogP contribution is -2.61. The lowest BCUT2D eigenvalue weighted by Gasteiger charge is -2.32. The number of alkyl halides is 9. The second kappa shape index (κ2) is 7.94. The predicted octanol–water partition coefficient (Wildman–Crippen LogP) is 5.82. The molecule has 0 saturated carbocycles. The van der Waals surface area contributed by atoms with Gasteiger partial charge in [-0.15, -0.1) is 0 Å². The van der Waals surface area contributed by atoms with Gasteiger partial charge in [-0.2, -0.15) is 48.3 Å². The highest BCUT2D eigenvalue weighted by molar-refractivity contribution is 5.84. The van der Waals surface area contributed by atoms with Crippen LogP contribution in [0.4, 0.5) is 58.8 Å². The Morgan fingerprint density at radius 3 is 1.76 bits per heavy atom. The van der Waals surface area contributed by atoms with Gasteiger partial charge in [0.2, 0.25) is 5.83 Å². The first-order valence-electron chi connectivity index (χ1n) is 6.87. The van der Waals surface area contributed by atoms with Crippen LogP contribution in [0.15, 0.2) is 36.1 Å². The molecule has 1 amide bonds. The second-order valence-corrected chi connectivity index (χ2v) is 5.05. The third kappa shape index (κ3) is 4.64. The molecular formula is C14H8F11NO3. The average molecular weight is 447 g/mol. The Morgan fingerprint density at radius 2 is 1.34 bits per heavy atom. The molecule has 0 saturated heterocycles. The smallest absolute Gasteiger partial charge is 0.453 e. The fourth-order valence-electron chi connectivity index (χ4n) is 1.56. The predicted molar refractivity (Wildman–Crippen MR) is 73.2 cm³/mol. The van der Waals surface area contributed by atoms with Crippen LogP contribution in [0.3, 0.4) is 0 Å². The van der Waals surface area contributed by atoms with Gasteiger partial charge in [0.25, 0.3) is 0 Å². The zero-order valence-electron chi connectivity index (χ0n) is 13.7. The first-order valence-corrected chi connectivity index (χ1v) is 6.87. The molecule has 1 N–H and O–H groups in total. The average Bonchev–Trinajstić information content (AvgIpc) is 2.61. The van der Waals surface area contributed by atoms with Crippen molar-refractivity contribution in [3.05, 3.63) is 36.1 Å². The zero-order valence-corrected chi connectivity index (χ0v) is 13.7. The van der Waals surface area contributed by atoms with Crippen LogP contribution in [0.5, 0.6) is 5.75 Å². The Kier molecular flexibility index (Phi) is 6.66. The number of allylic oxidation sites excluding steroid dienone is 1. The molecule has 0 fully saturated rings. The highest BCUT2D eigenvalue weighted by Crippen LogP contribution is 2.55. The van der Waals surface area contributed by atoms with Crippen LogP contribution in [-0.2, 0) is 4.74 Å². The summed E-state index contributed by atoms with van der Waals surface area (Å²) in [4.78, 5) is 10.9. The van der Waals surface area contributed by atoms with Crippen molar-refractivity contribution in [1.82, 2.24) is 0 Å². The summed E-state index contributed by atoms with van der Waals surface area (Å²) in [6, 6.07) is -0.0251. The number of halogens is 11. The van der Waals surface area contributed by atoms with E-state index in [1.165, 1.54) is 0 Å². The van der Waals surface area contributed by atoms with Gasteiger partial charge in [0, 0.05) is 5.69 Å². The summed E-state index contributed by atoms with van der Waals surface area (Å²) >= 11 is 0. The molecule has 1 rings (SSSR count). The standard InChI is InChI=1S/C14H8F11NO3/c1-28-10(27)26-6-2-4-7(5-3-6)29-9(16)8(15)11(17,18)12(19,20)13(21,22)14(23,24)25/h2-5H,1H3,(H,26,27). The maximum absolute atomic E-state index is 13.4. The first-order chi connectivity index (χ1) is 13.0. The number of hydrogen-bond acceptors (Lipinski definition) is 3. The number of ether oxygens (including phenoxy) is 2. The van der Waals surface area contributed by atoms with Crippen molar-refractivity contribution >= 4 is 11.8 Å². The molecule has 1 aromatic rings. The van der Waals surface area contributed by atoms with E-state index in [4.69, 9.17) is 0 Å². The summed E-state index contributed by atoms with van der Waals surface area (Å²) in [5.74, 6) is -26.6. The summed E-state index contributed by atoms with van der Waals surface area (Å²) in [6.07, 6.45) is -8.16. The van der Waals surface area contributed by atoms with Crippen molar-refractivity contribution in [2.75, 3.05) is 12.4 Å². The number of carbonyl (C=O) groups excluding carboxylic acids is 1. The van der Waals surface area contributed by atoms with E-state index in [1.807, 2.05) is 0 Å². The zero-order chi connectivity index (χ0) is 22.8. The minimum absolute atomic E-state index is 0.0456. The summed E-state index contributed by atoms with van der Waals surface area (Å²) in [6.45, 7) is 0. The molecule has 0 aliphatic heterocycles. The van der Waals surface area contributed by atoms with Crippen molar-refractivity contribution in [3.8, 4) is 5.75 Å². The number of carbonyl (C=O) groups is 1. The summed E-state index contributed by atoms with van der Waals surface area (Å²) in [7, 11) is 0.994. The van der Waals surface area contributed by atoms with Gasteiger partial charge in [-0.1, -0.05) is 0 Å². The number of hydrogen-bond donors (Lipinski definition) is 1. The highest BCUT2D eigenvalue weighted by Gasteiger charge is 2.83. The van der Waals surface area contributed by atoms with Gasteiger partial charge in [0.1, 0.15) is 5.75 Å². The summed E-state index contributed by atoms with van der Waals surface area (Å²) in [5, 5.41) is 2.06. The minimum Gasteiger partial charge on any atom is -0.453 e. The van der Waals surface area contributed by atoms with Crippen molar-refractivity contribution < 1.29 is 62.6 Å². The third-order valence-electron chi connectivity index (χ3n) is 3.09.